The highest BCUT2D eigenvalue weighted by Crippen LogP contribution is 2.28. The second-order valence-electron chi connectivity index (χ2n) is 3.04. The Morgan fingerprint density at radius 3 is 2.93 bits per heavy atom. The van der Waals surface area contributed by atoms with Crippen molar-refractivity contribution in [1.29, 1.82) is 0 Å². The Balaban J connectivity index is 2.64. The molecule has 0 saturated heterocycles. The predicted octanol–water partition coefficient (Wildman–Crippen LogP) is -0.0243. The molecule has 0 bridgehead atoms. The Kier molecular flexibility index (Phi) is 3.93. The van der Waals surface area contributed by atoms with E-state index in [9.17, 15) is 9.90 Å². The topological polar surface area (TPSA) is 84.6 Å². The number of nitrogens with two attached hydrogens (primary N) is 1. The van der Waals surface area contributed by atoms with E-state index >= 15 is 0 Å². The predicted molar refractivity (Wildman–Crippen MR) is 55.6 cm³/mol. The molecule has 0 atom stereocenters. The monoisotopic (exact) mass is 210 g/mol. The van der Waals surface area contributed by atoms with E-state index in [1.54, 1.807) is 18.2 Å². The highest BCUT2D eigenvalue weighted by atomic mass is 16.5. The van der Waals surface area contributed by atoms with Crippen LogP contribution in [0, 0.1) is 0 Å². The number of phenols is 1. The molecule has 1 rings (SSSR count). The van der Waals surface area contributed by atoms with E-state index in [4.69, 9.17) is 10.5 Å². The Bertz CT molecular complexity index is 353. The van der Waals surface area contributed by atoms with Crippen molar-refractivity contribution in [3.05, 3.63) is 23.8 Å². The SMILES string of the molecule is COc1cccc(CNCC(N)=O)c1O. The molecule has 0 aliphatic carbocycles. The summed E-state index contributed by atoms with van der Waals surface area (Å²) >= 11 is 0. The summed E-state index contributed by atoms with van der Waals surface area (Å²) in [4.78, 5) is 10.5. The minimum Gasteiger partial charge on any atom is -0.504 e. The number of para-hydroxylation sites is 1. The Morgan fingerprint density at radius 1 is 1.60 bits per heavy atom. The highest BCUT2D eigenvalue weighted by Gasteiger charge is 2.06. The summed E-state index contributed by atoms with van der Waals surface area (Å²) in [6.45, 7) is 0.447. The first-order valence-corrected chi connectivity index (χ1v) is 4.49. The number of nitrogens with one attached hydrogen (secondary N) is 1. The summed E-state index contributed by atoms with van der Waals surface area (Å²) in [6.07, 6.45) is 0. The van der Waals surface area contributed by atoms with Crippen molar-refractivity contribution in [2.24, 2.45) is 5.73 Å². The maximum Gasteiger partial charge on any atom is 0.231 e. The average molecular weight is 210 g/mol. The number of hydrogen-bond donors (Lipinski definition) is 3. The van der Waals surface area contributed by atoms with Crippen LogP contribution < -0.4 is 15.8 Å². The van der Waals surface area contributed by atoms with Crippen molar-refractivity contribution in [2.75, 3.05) is 13.7 Å². The number of amides is 1. The number of carbonyl (C=O) groups is 1. The quantitative estimate of drug-likeness (QED) is 0.637. The van der Waals surface area contributed by atoms with E-state index in [1.165, 1.54) is 7.11 Å². The molecule has 0 radical (unpaired) electrons. The summed E-state index contributed by atoms with van der Waals surface area (Å²) in [7, 11) is 1.48. The van der Waals surface area contributed by atoms with E-state index in [-0.39, 0.29) is 12.3 Å². The zero-order valence-corrected chi connectivity index (χ0v) is 8.49. The third-order valence-electron chi connectivity index (χ3n) is 1.92. The van der Waals surface area contributed by atoms with E-state index in [2.05, 4.69) is 5.32 Å². The summed E-state index contributed by atoms with van der Waals surface area (Å²) in [5, 5.41) is 12.5. The molecule has 0 heterocycles. The van der Waals surface area contributed by atoms with Crippen LogP contribution in [-0.2, 0) is 11.3 Å². The fourth-order valence-electron chi connectivity index (χ4n) is 1.20. The number of benzene rings is 1. The van der Waals surface area contributed by atoms with Gasteiger partial charge in [0.1, 0.15) is 0 Å². The van der Waals surface area contributed by atoms with Gasteiger partial charge in [-0.1, -0.05) is 12.1 Å². The fourth-order valence-corrected chi connectivity index (χ4v) is 1.20. The molecule has 0 saturated carbocycles. The van der Waals surface area contributed by atoms with Gasteiger partial charge >= 0.3 is 0 Å². The summed E-state index contributed by atoms with van der Waals surface area (Å²) in [5.74, 6) is 0.0581. The standard InChI is InChI=1S/C10H14N2O3/c1-15-8-4-2-3-7(10(8)14)5-12-6-9(11)13/h2-4,12,14H,5-6H2,1H3,(H2,11,13). The van der Waals surface area contributed by atoms with Crippen molar-refractivity contribution < 1.29 is 14.6 Å². The molecular weight excluding hydrogens is 196 g/mol. The molecular formula is C10H14N2O3. The van der Waals surface area contributed by atoms with Crippen molar-refractivity contribution in [1.82, 2.24) is 5.32 Å². The number of carbonyl (C=O) groups excluding carboxylic acids is 1. The molecule has 82 valence electrons. The largest absolute Gasteiger partial charge is 0.504 e. The molecule has 15 heavy (non-hydrogen) atoms. The third kappa shape index (κ3) is 3.14. The lowest BCUT2D eigenvalue weighted by atomic mass is 10.2. The van der Waals surface area contributed by atoms with Crippen molar-refractivity contribution in [3.8, 4) is 11.5 Å². The molecule has 0 aliphatic heterocycles. The van der Waals surface area contributed by atoms with Gasteiger partial charge in [0, 0.05) is 12.1 Å². The van der Waals surface area contributed by atoms with Gasteiger partial charge in [0.25, 0.3) is 0 Å². The first-order valence-electron chi connectivity index (χ1n) is 4.49. The second-order valence-corrected chi connectivity index (χ2v) is 3.04. The van der Waals surface area contributed by atoms with Crippen LogP contribution in [-0.4, -0.2) is 24.7 Å². The number of aromatic hydroxyl groups is 1. The van der Waals surface area contributed by atoms with Gasteiger partial charge < -0.3 is 20.9 Å². The fraction of sp³-hybridized carbons (Fsp3) is 0.300. The van der Waals surface area contributed by atoms with E-state index < -0.39 is 5.91 Å². The number of ether oxygens (including phenoxy) is 1. The van der Waals surface area contributed by atoms with Crippen molar-refractivity contribution in [2.45, 2.75) is 6.54 Å². The Hall–Kier alpha value is -1.75. The maximum absolute atomic E-state index is 10.5. The highest BCUT2D eigenvalue weighted by molar-refractivity contribution is 5.75. The lowest BCUT2D eigenvalue weighted by Gasteiger charge is -2.08. The van der Waals surface area contributed by atoms with Crippen LogP contribution in [0.25, 0.3) is 0 Å². The van der Waals surface area contributed by atoms with Gasteiger partial charge in [0.15, 0.2) is 11.5 Å². The molecule has 5 nitrogen and oxygen atoms in total. The number of phenolic OH excluding ortho intramolecular Hbond substituents is 1. The van der Waals surface area contributed by atoms with Gasteiger partial charge in [-0.15, -0.1) is 0 Å². The molecule has 0 aromatic heterocycles. The van der Waals surface area contributed by atoms with E-state index in [1.807, 2.05) is 0 Å². The Morgan fingerprint density at radius 2 is 2.33 bits per heavy atom. The second kappa shape index (κ2) is 5.21. The normalized spacial score (nSPS) is 9.93. The van der Waals surface area contributed by atoms with Crippen LogP contribution in [0.4, 0.5) is 0 Å². The molecule has 1 amide bonds. The van der Waals surface area contributed by atoms with Gasteiger partial charge in [0.05, 0.1) is 13.7 Å². The van der Waals surface area contributed by atoms with Gasteiger partial charge in [0.2, 0.25) is 5.91 Å². The summed E-state index contributed by atoms with van der Waals surface area (Å²) in [6, 6.07) is 5.17. The molecule has 0 fully saturated rings. The van der Waals surface area contributed by atoms with Crippen molar-refractivity contribution >= 4 is 5.91 Å². The number of methoxy groups -OCH3 is 1. The van der Waals surface area contributed by atoms with Gasteiger partial charge in [-0.2, -0.15) is 0 Å². The third-order valence-corrected chi connectivity index (χ3v) is 1.92. The molecule has 4 N–H and O–H groups in total. The zero-order chi connectivity index (χ0) is 11.3. The number of rotatable bonds is 5. The molecule has 5 heteroatoms. The van der Waals surface area contributed by atoms with E-state index in [0.29, 0.717) is 17.9 Å². The lowest BCUT2D eigenvalue weighted by Crippen LogP contribution is -2.28. The zero-order valence-electron chi connectivity index (χ0n) is 8.49. The van der Waals surface area contributed by atoms with Gasteiger partial charge in [-0.25, -0.2) is 0 Å². The number of primary amides is 1. The van der Waals surface area contributed by atoms with Crippen LogP contribution in [0.2, 0.25) is 0 Å². The summed E-state index contributed by atoms with van der Waals surface area (Å²) < 4.78 is 4.94. The van der Waals surface area contributed by atoms with Crippen LogP contribution in [0.5, 0.6) is 11.5 Å². The maximum atomic E-state index is 10.5. The van der Waals surface area contributed by atoms with E-state index in [0.717, 1.165) is 0 Å². The molecule has 0 unspecified atom stereocenters. The molecule has 1 aromatic carbocycles. The molecule has 1 aromatic rings. The average Bonchev–Trinajstić information content (AvgIpc) is 2.20. The number of hydrogen-bond acceptors (Lipinski definition) is 4. The lowest BCUT2D eigenvalue weighted by molar-refractivity contribution is -0.117. The van der Waals surface area contributed by atoms with Crippen LogP contribution in [0.3, 0.4) is 0 Å². The first-order chi connectivity index (χ1) is 7.15. The van der Waals surface area contributed by atoms with Crippen LogP contribution in [0.15, 0.2) is 18.2 Å². The Labute approximate surface area is 87.9 Å². The molecule has 0 spiro atoms. The van der Waals surface area contributed by atoms with Crippen LogP contribution in [0.1, 0.15) is 5.56 Å². The van der Waals surface area contributed by atoms with Crippen LogP contribution >= 0.6 is 0 Å². The minimum absolute atomic E-state index is 0.0800. The van der Waals surface area contributed by atoms with Gasteiger partial charge in [-0.3, -0.25) is 4.79 Å². The van der Waals surface area contributed by atoms with Crippen molar-refractivity contribution in [3.63, 3.8) is 0 Å². The molecule has 0 aliphatic rings. The smallest absolute Gasteiger partial charge is 0.231 e. The summed E-state index contributed by atoms with van der Waals surface area (Å²) in [5.41, 5.74) is 5.62. The first kappa shape index (κ1) is 11.3. The minimum atomic E-state index is -0.433. The van der Waals surface area contributed by atoms with Gasteiger partial charge in [-0.05, 0) is 6.07 Å².